The highest BCUT2D eigenvalue weighted by Gasteiger charge is 2.64. The van der Waals surface area contributed by atoms with Crippen LogP contribution in [0.5, 0.6) is 11.5 Å². The van der Waals surface area contributed by atoms with Gasteiger partial charge in [0.05, 0.1) is 34.4 Å². The highest BCUT2D eigenvalue weighted by Crippen LogP contribution is 2.46. The highest BCUT2D eigenvalue weighted by molar-refractivity contribution is 6.36. The van der Waals surface area contributed by atoms with E-state index in [2.05, 4.69) is 5.32 Å². The quantitative estimate of drug-likeness (QED) is 0.281. The number of nitrogens with one attached hydrogen (secondary N) is 1. The van der Waals surface area contributed by atoms with Crippen LogP contribution in [0.2, 0.25) is 0 Å². The van der Waals surface area contributed by atoms with Crippen LogP contribution in [0.3, 0.4) is 0 Å². The molecule has 0 aromatic heterocycles. The van der Waals surface area contributed by atoms with Crippen LogP contribution in [0.1, 0.15) is 37.8 Å². The lowest BCUT2D eigenvalue weighted by Gasteiger charge is -2.30. The molecule has 0 saturated carbocycles. The Morgan fingerprint density at radius 3 is 2.08 bits per heavy atom. The van der Waals surface area contributed by atoms with Crippen LogP contribution in [0.25, 0.3) is 6.08 Å². The molecule has 2 aromatic rings. The van der Waals surface area contributed by atoms with E-state index in [1.54, 1.807) is 75.4 Å². The third-order valence-electron chi connectivity index (χ3n) is 6.57. The van der Waals surface area contributed by atoms with E-state index in [-0.39, 0.29) is 0 Å². The molecule has 0 aliphatic carbocycles. The largest absolute Gasteiger partial charge is 0.497 e. The van der Waals surface area contributed by atoms with Crippen LogP contribution in [0.4, 0.5) is 0 Å². The predicted molar refractivity (Wildman–Crippen MR) is 146 cm³/mol. The summed E-state index contributed by atoms with van der Waals surface area (Å²) >= 11 is 0. The first kappa shape index (κ1) is 30.4. The lowest BCUT2D eigenvalue weighted by Crippen LogP contribution is -2.56. The molecule has 0 spiro atoms. The van der Waals surface area contributed by atoms with Gasteiger partial charge in [-0.3, -0.25) is 14.9 Å². The Balaban J connectivity index is 2.31. The molecule has 1 N–H and O–H groups in total. The van der Waals surface area contributed by atoms with E-state index in [1.165, 1.54) is 20.3 Å². The van der Waals surface area contributed by atoms with Gasteiger partial charge in [0.15, 0.2) is 0 Å². The second-order valence-corrected chi connectivity index (χ2v) is 10.3. The van der Waals surface area contributed by atoms with Gasteiger partial charge in [-0.2, -0.15) is 0 Å². The molecule has 2 aromatic carbocycles. The number of carbonyl (C=O) groups excluding carboxylic acids is 4. The molecule has 10 heteroatoms. The summed E-state index contributed by atoms with van der Waals surface area (Å²) in [6.45, 7) is 5.11. The zero-order valence-electron chi connectivity index (χ0n) is 23.7. The topological polar surface area (TPSA) is 126 Å². The van der Waals surface area contributed by atoms with Gasteiger partial charge in [0.25, 0.3) is 0 Å². The van der Waals surface area contributed by atoms with E-state index in [0.717, 1.165) is 14.2 Å². The summed E-state index contributed by atoms with van der Waals surface area (Å²) in [6, 6.07) is 12.5. The second kappa shape index (κ2) is 12.3. The first-order chi connectivity index (χ1) is 18.9. The van der Waals surface area contributed by atoms with Crippen LogP contribution in [0.15, 0.2) is 54.6 Å². The number of carbonyl (C=O) groups is 4. The van der Waals surface area contributed by atoms with Gasteiger partial charge < -0.3 is 23.7 Å². The van der Waals surface area contributed by atoms with Gasteiger partial charge in [-0.05, 0) is 56.2 Å². The fourth-order valence-electron chi connectivity index (χ4n) is 4.86. The number of hydrogen-bond acceptors (Lipinski definition) is 10. The summed E-state index contributed by atoms with van der Waals surface area (Å²) in [7, 11) is 5.23. The van der Waals surface area contributed by atoms with E-state index in [0.29, 0.717) is 22.6 Å². The maximum atomic E-state index is 13.8. The fraction of sp³-hybridized carbons (Fsp3) is 0.400. The normalized spacial score (nSPS) is 22.4. The minimum atomic E-state index is -1.96. The van der Waals surface area contributed by atoms with E-state index in [1.807, 2.05) is 0 Å². The number of rotatable bonds is 9. The molecule has 0 unspecified atom stereocenters. The third kappa shape index (κ3) is 6.34. The first-order valence-corrected chi connectivity index (χ1v) is 12.6. The van der Waals surface area contributed by atoms with Gasteiger partial charge in [0.2, 0.25) is 5.78 Å². The number of esters is 3. The molecule has 1 heterocycles. The Hall–Kier alpha value is -4.18. The molecule has 1 saturated heterocycles. The van der Waals surface area contributed by atoms with Crippen LogP contribution in [-0.2, 0) is 33.4 Å². The molecule has 4 atom stereocenters. The molecule has 214 valence electrons. The van der Waals surface area contributed by atoms with Crippen LogP contribution in [-0.4, -0.2) is 69.3 Å². The fourth-order valence-corrected chi connectivity index (χ4v) is 4.86. The third-order valence-corrected chi connectivity index (χ3v) is 6.57. The summed E-state index contributed by atoms with van der Waals surface area (Å²) in [6.07, 6.45) is 3.01. The summed E-state index contributed by atoms with van der Waals surface area (Å²) < 4.78 is 26.3. The zero-order chi connectivity index (χ0) is 29.7. The molecule has 1 aliphatic rings. The average molecular weight is 554 g/mol. The van der Waals surface area contributed by atoms with Crippen molar-refractivity contribution in [2.24, 2.45) is 5.92 Å². The first-order valence-electron chi connectivity index (χ1n) is 12.6. The Morgan fingerprint density at radius 2 is 1.50 bits per heavy atom. The Kier molecular flexibility index (Phi) is 9.36. The highest BCUT2D eigenvalue weighted by atomic mass is 16.6. The smallest absolute Gasteiger partial charge is 0.374 e. The lowest BCUT2D eigenvalue weighted by molar-refractivity contribution is -0.158. The molecule has 40 heavy (non-hydrogen) atoms. The zero-order valence-corrected chi connectivity index (χ0v) is 23.7. The van der Waals surface area contributed by atoms with Crippen molar-refractivity contribution in [1.82, 2.24) is 5.32 Å². The second-order valence-electron chi connectivity index (χ2n) is 10.3. The van der Waals surface area contributed by atoms with Crippen LogP contribution in [0, 0.1) is 5.92 Å². The van der Waals surface area contributed by atoms with Crippen molar-refractivity contribution < 1.29 is 42.9 Å². The van der Waals surface area contributed by atoms with Crippen molar-refractivity contribution in [1.29, 1.82) is 0 Å². The number of ether oxygens (including phenoxy) is 5. The van der Waals surface area contributed by atoms with E-state index < -0.39 is 52.7 Å². The van der Waals surface area contributed by atoms with Gasteiger partial charge >= 0.3 is 17.9 Å². The van der Waals surface area contributed by atoms with Crippen molar-refractivity contribution in [3.8, 4) is 11.5 Å². The van der Waals surface area contributed by atoms with Crippen molar-refractivity contribution in [2.45, 2.75) is 43.9 Å². The van der Waals surface area contributed by atoms with Gasteiger partial charge in [-0.15, -0.1) is 0 Å². The molecular formula is C30H35NO9. The molecule has 0 radical (unpaired) electrons. The minimum absolute atomic E-state index is 0.451. The average Bonchev–Trinajstić information content (AvgIpc) is 3.30. The molecule has 1 fully saturated rings. The molecular weight excluding hydrogens is 518 g/mol. The summed E-state index contributed by atoms with van der Waals surface area (Å²) in [5, 5.41) is 3.04. The number of Topliss-reactive ketones (excluding diaryl/α,β-unsaturated/α-hetero) is 1. The van der Waals surface area contributed by atoms with Crippen molar-refractivity contribution in [3.05, 3.63) is 65.7 Å². The summed E-state index contributed by atoms with van der Waals surface area (Å²) in [4.78, 5) is 53.7. The van der Waals surface area contributed by atoms with E-state index in [9.17, 15) is 19.2 Å². The van der Waals surface area contributed by atoms with Gasteiger partial charge in [0.1, 0.15) is 28.7 Å². The van der Waals surface area contributed by atoms with Gasteiger partial charge in [0, 0.05) is 5.92 Å². The van der Waals surface area contributed by atoms with Gasteiger partial charge in [-0.1, -0.05) is 36.4 Å². The Labute approximate surface area is 233 Å². The number of methoxy groups -OCH3 is 4. The van der Waals surface area contributed by atoms with E-state index in [4.69, 9.17) is 23.7 Å². The maximum Gasteiger partial charge on any atom is 0.374 e. The molecule has 1 aliphatic heterocycles. The molecule has 0 bridgehead atoms. The SMILES string of the molecule is COC(=O)C(=O)[C@@H]1[C@@H](c2cccc(OC)c2)[C@H](C(=O)OC(C)(C)C)N[C@]1(/C=C/c1cccc(OC)c1)C(=O)OC. The number of benzene rings is 2. The summed E-state index contributed by atoms with van der Waals surface area (Å²) in [5.74, 6) is -5.29. The number of ketones is 1. The summed E-state index contributed by atoms with van der Waals surface area (Å²) in [5.41, 5.74) is -1.75. The number of hydrogen-bond donors (Lipinski definition) is 1. The van der Waals surface area contributed by atoms with Gasteiger partial charge in [-0.25, -0.2) is 9.59 Å². The van der Waals surface area contributed by atoms with Crippen molar-refractivity contribution in [2.75, 3.05) is 28.4 Å². The van der Waals surface area contributed by atoms with Crippen LogP contribution >= 0.6 is 0 Å². The van der Waals surface area contributed by atoms with Crippen molar-refractivity contribution in [3.63, 3.8) is 0 Å². The Bertz CT molecular complexity index is 1300. The van der Waals surface area contributed by atoms with Crippen LogP contribution < -0.4 is 14.8 Å². The van der Waals surface area contributed by atoms with Crippen molar-refractivity contribution >= 4 is 29.8 Å². The molecule has 0 amide bonds. The minimum Gasteiger partial charge on any atom is -0.497 e. The maximum absolute atomic E-state index is 13.8. The van der Waals surface area contributed by atoms with E-state index >= 15 is 0 Å². The Morgan fingerprint density at radius 1 is 0.875 bits per heavy atom. The standard InChI is InChI=1S/C30H35NO9/c1-29(2,3)40-26(33)24-22(19-11-9-13-21(17-19)37-5)23(25(32)27(34)38-6)30(31-24,28(35)39-7)15-14-18-10-8-12-20(16-18)36-4/h8-17,22-24,31H,1-7H3/b15-14+/t22-,23+,24-,30+/m1/s1. The predicted octanol–water partition coefficient (Wildman–Crippen LogP) is 3.08. The molecule has 3 rings (SSSR count). The molecule has 10 nitrogen and oxygen atoms in total. The lowest BCUT2D eigenvalue weighted by atomic mass is 9.72. The monoisotopic (exact) mass is 553 g/mol.